The molecule has 154 valence electrons. The number of nitrogens with zero attached hydrogens (tertiary/aromatic N) is 1. The second-order valence-corrected chi connectivity index (χ2v) is 6.52. The Morgan fingerprint density at radius 3 is 2.52 bits per heavy atom. The van der Waals surface area contributed by atoms with Crippen LogP contribution in [0.5, 0.6) is 0 Å². The normalized spacial score (nSPS) is 19.3. The molecule has 0 radical (unpaired) electrons. The average molecular weight is 399 g/mol. The van der Waals surface area contributed by atoms with Crippen molar-refractivity contribution in [2.75, 3.05) is 6.61 Å². The molecule has 1 heterocycles. The predicted octanol–water partition coefficient (Wildman–Crippen LogP) is 3.81. The van der Waals surface area contributed by atoms with Crippen LogP contribution >= 0.6 is 0 Å². The molecule has 7 heteroatoms. The van der Waals surface area contributed by atoms with Crippen LogP contribution in [-0.4, -0.2) is 36.5 Å². The van der Waals surface area contributed by atoms with Crippen LogP contribution in [0.15, 0.2) is 59.1 Å². The van der Waals surface area contributed by atoms with Gasteiger partial charge in [0.25, 0.3) is 5.79 Å². The summed E-state index contributed by atoms with van der Waals surface area (Å²) in [5.74, 6) is -3.48. The Kier molecular flexibility index (Phi) is 8.33. The Morgan fingerprint density at radius 1 is 1.17 bits per heavy atom. The highest BCUT2D eigenvalue weighted by Crippen LogP contribution is 2.28. The van der Waals surface area contributed by atoms with Crippen molar-refractivity contribution < 1.29 is 28.6 Å². The molecule has 1 aliphatic heterocycles. The van der Waals surface area contributed by atoms with E-state index >= 15 is 0 Å². The Morgan fingerprint density at radius 2 is 1.86 bits per heavy atom. The molecule has 0 saturated carbocycles. The minimum Gasteiger partial charge on any atom is -0.466 e. The van der Waals surface area contributed by atoms with Crippen molar-refractivity contribution >= 4 is 29.8 Å². The van der Waals surface area contributed by atoms with Crippen LogP contribution in [0.2, 0.25) is 0 Å². The number of hydrogen-bond donors (Lipinski definition) is 0. The minimum absolute atomic E-state index is 0.0171. The van der Waals surface area contributed by atoms with Crippen molar-refractivity contribution in [1.82, 2.24) is 0 Å². The van der Waals surface area contributed by atoms with Gasteiger partial charge in [-0.25, -0.2) is 9.59 Å². The van der Waals surface area contributed by atoms with E-state index in [2.05, 4.69) is 4.99 Å². The van der Waals surface area contributed by atoms with Crippen molar-refractivity contribution in [3.8, 4) is 0 Å². The summed E-state index contributed by atoms with van der Waals surface area (Å²) in [5, 5.41) is 0. The molecule has 0 aliphatic carbocycles. The van der Waals surface area contributed by atoms with Gasteiger partial charge < -0.3 is 14.2 Å². The zero-order valence-electron chi connectivity index (χ0n) is 16.6. The third kappa shape index (κ3) is 7.37. The lowest BCUT2D eigenvalue weighted by Crippen LogP contribution is -2.44. The summed E-state index contributed by atoms with van der Waals surface area (Å²) in [4.78, 5) is 40.2. The van der Waals surface area contributed by atoms with Gasteiger partial charge >= 0.3 is 17.9 Å². The SMILES string of the molecule is CCCOC(=O)CCC1(C)OC(=O)C(=CC=CCC=Nc2ccccc2)C(=O)O1. The van der Waals surface area contributed by atoms with E-state index in [1.54, 1.807) is 18.4 Å². The highest BCUT2D eigenvalue weighted by Gasteiger charge is 2.42. The molecular weight excluding hydrogens is 374 g/mol. The van der Waals surface area contributed by atoms with E-state index in [9.17, 15) is 14.4 Å². The summed E-state index contributed by atoms with van der Waals surface area (Å²) in [5.41, 5.74) is 0.642. The number of aliphatic imine (C=N–C) groups is 1. The lowest BCUT2D eigenvalue weighted by molar-refractivity contribution is -0.231. The fraction of sp³-hybridized carbons (Fsp3) is 0.364. The highest BCUT2D eigenvalue weighted by molar-refractivity contribution is 6.15. The second kappa shape index (κ2) is 10.9. The number of benzene rings is 1. The van der Waals surface area contributed by atoms with Gasteiger partial charge in [0.05, 0.1) is 18.7 Å². The van der Waals surface area contributed by atoms with Gasteiger partial charge in [-0.15, -0.1) is 0 Å². The molecule has 1 aliphatic rings. The van der Waals surface area contributed by atoms with E-state index in [4.69, 9.17) is 14.2 Å². The van der Waals surface area contributed by atoms with Gasteiger partial charge in [-0.2, -0.15) is 0 Å². The van der Waals surface area contributed by atoms with E-state index in [1.807, 2.05) is 37.3 Å². The molecule has 0 amide bonds. The summed E-state index contributed by atoms with van der Waals surface area (Å²) in [6, 6.07) is 9.48. The van der Waals surface area contributed by atoms with E-state index in [-0.39, 0.29) is 18.4 Å². The number of carbonyl (C=O) groups excluding carboxylic acids is 3. The van der Waals surface area contributed by atoms with Crippen LogP contribution in [-0.2, 0) is 28.6 Å². The zero-order valence-corrected chi connectivity index (χ0v) is 16.6. The van der Waals surface area contributed by atoms with Crippen LogP contribution in [0.4, 0.5) is 5.69 Å². The first-order valence-corrected chi connectivity index (χ1v) is 9.50. The molecule has 29 heavy (non-hydrogen) atoms. The van der Waals surface area contributed by atoms with E-state index in [0.717, 1.165) is 5.69 Å². The topological polar surface area (TPSA) is 91.3 Å². The maximum absolute atomic E-state index is 12.2. The zero-order chi connectivity index (χ0) is 21.1. The van der Waals surface area contributed by atoms with Crippen molar-refractivity contribution in [3.05, 3.63) is 54.1 Å². The molecule has 1 saturated heterocycles. The largest absolute Gasteiger partial charge is 0.466 e. The number of allylic oxidation sites excluding steroid dienone is 3. The van der Waals surface area contributed by atoms with Crippen molar-refractivity contribution in [1.29, 1.82) is 0 Å². The van der Waals surface area contributed by atoms with Crippen LogP contribution < -0.4 is 0 Å². The van der Waals surface area contributed by atoms with Gasteiger partial charge in [-0.05, 0) is 24.6 Å². The Labute approximate surface area is 170 Å². The average Bonchev–Trinajstić information content (AvgIpc) is 2.70. The Hall–Kier alpha value is -3.22. The summed E-state index contributed by atoms with van der Waals surface area (Å²) < 4.78 is 15.4. The Balaban J connectivity index is 1.85. The van der Waals surface area contributed by atoms with Gasteiger partial charge in [0.1, 0.15) is 5.57 Å². The van der Waals surface area contributed by atoms with Crippen LogP contribution in [0, 0.1) is 0 Å². The standard InChI is InChI=1S/C22H25NO6/c1-3-16-27-19(24)13-14-22(2)28-20(25)18(21(26)29-22)12-8-5-9-15-23-17-10-6-4-7-11-17/h4-8,10-12,15H,3,9,13-14,16H2,1-2H3. The molecule has 2 rings (SSSR count). The summed E-state index contributed by atoms with van der Waals surface area (Å²) in [6.45, 7) is 3.66. The monoisotopic (exact) mass is 399 g/mol. The lowest BCUT2D eigenvalue weighted by Gasteiger charge is -2.33. The number of ether oxygens (including phenoxy) is 3. The smallest absolute Gasteiger partial charge is 0.348 e. The maximum atomic E-state index is 12.2. The molecular formula is C22H25NO6. The van der Waals surface area contributed by atoms with Crippen molar-refractivity contribution in [3.63, 3.8) is 0 Å². The first-order valence-electron chi connectivity index (χ1n) is 9.50. The van der Waals surface area contributed by atoms with Crippen molar-refractivity contribution in [2.24, 2.45) is 4.99 Å². The summed E-state index contributed by atoms with van der Waals surface area (Å²) in [7, 11) is 0. The molecule has 1 aromatic carbocycles. The minimum atomic E-state index is -1.48. The second-order valence-electron chi connectivity index (χ2n) is 6.52. The maximum Gasteiger partial charge on any atom is 0.348 e. The molecule has 0 unspecified atom stereocenters. The molecule has 0 bridgehead atoms. The Bertz CT molecular complexity index is 790. The molecule has 0 aromatic heterocycles. The van der Waals surface area contributed by atoms with E-state index in [0.29, 0.717) is 19.4 Å². The quantitative estimate of drug-likeness (QED) is 0.271. The number of para-hydroxylation sites is 1. The number of esters is 3. The van der Waals surface area contributed by atoms with Crippen molar-refractivity contribution in [2.45, 2.75) is 45.3 Å². The van der Waals surface area contributed by atoms with Crippen LogP contribution in [0.1, 0.15) is 39.5 Å². The molecule has 7 nitrogen and oxygen atoms in total. The third-order valence-electron chi connectivity index (χ3n) is 3.94. The third-order valence-corrected chi connectivity index (χ3v) is 3.94. The molecule has 0 N–H and O–H groups in total. The van der Waals surface area contributed by atoms with Gasteiger partial charge in [0.15, 0.2) is 0 Å². The first kappa shape index (κ1) is 22.1. The number of hydrogen-bond acceptors (Lipinski definition) is 7. The van der Waals surface area contributed by atoms with E-state index < -0.39 is 23.7 Å². The van der Waals surface area contributed by atoms with Gasteiger partial charge in [-0.3, -0.25) is 9.79 Å². The first-order chi connectivity index (χ1) is 13.9. The number of carbonyl (C=O) groups is 3. The fourth-order valence-corrected chi connectivity index (χ4v) is 2.44. The lowest BCUT2D eigenvalue weighted by atomic mass is 10.1. The van der Waals surface area contributed by atoms with Gasteiger partial charge in [-0.1, -0.05) is 37.3 Å². The van der Waals surface area contributed by atoms with E-state index in [1.165, 1.54) is 13.0 Å². The molecule has 0 atom stereocenters. The highest BCUT2D eigenvalue weighted by atomic mass is 16.7. The van der Waals surface area contributed by atoms with Crippen LogP contribution in [0.25, 0.3) is 0 Å². The number of rotatable bonds is 9. The molecule has 0 spiro atoms. The van der Waals surface area contributed by atoms with Gasteiger partial charge in [0.2, 0.25) is 0 Å². The summed E-state index contributed by atoms with van der Waals surface area (Å²) >= 11 is 0. The molecule has 1 fully saturated rings. The van der Waals surface area contributed by atoms with Crippen LogP contribution in [0.3, 0.4) is 0 Å². The van der Waals surface area contributed by atoms with Gasteiger partial charge in [0, 0.05) is 26.0 Å². The number of cyclic esters (lactones) is 2. The predicted molar refractivity (Wildman–Crippen MR) is 108 cm³/mol. The molecule has 1 aromatic rings. The summed E-state index contributed by atoms with van der Waals surface area (Å²) in [6.07, 6.45) is 7.64. The fourth-order valence-electron chi connectivity index (χ4n) is 2.44.